The van der Waals surface area contributed by atoms with Crippen LogP contribution in [-0.2, 0) is 28.0 Å². The number of benzene rings is 3. The summed E-state index contributed by atoms with van der Waals surface area (Å²) in [5.74, 6) is -1.23. The molecule has 0 unspecified atom stereocenters. The molecular weight excluding hydrogens is 928 g/mol. The second-order valence-electron chi connectivity index (χ2n) is 20.9. The minimum Gasteiger partial charge on any atom is -0.391 e. The van der Waals surface area contributed by atoms with Crippen LogP contribution >= 0.6 is 11.3 Å². The smallest absolute Gasteiger partial charge is 0.246 e. The Hall–Kier alpha value is -5.91. The van der Waals surface area contributed by atoms with Crippen molar-refractivity contribution in [2.24, 2.45) is 12.5 Å². The van der Waals surface area contributed by atoms with Crippen LogP contribution in [0.15, 0.2) is 78.7 Å². The highest BCUT2D eigenvalue weighted by Crippen LogP contribution is 2.38. The number of aliphatic hydroxyl groups is 1. The Labute approximate surface area is 427 Å². The van der Waals surface area contributed by atoms with Gasteiger partial charge in [-0.3, -0.25) is 24.3 Å². The summed E-state index contributed by atoms with van der Waals surface area (Å²) in [5.41, 5.74) is 12.3. The van der Waals surface area contributed by atoms with Gasteiger partial charge in [-0.25, -0.2) is 14.4 Å². The number of thiazole rings is 1. The van der Waals surface area contributed by atoms with E-state index in [-0.39, 0.29) is 49.1 Å². The van der Waals surface area contributed by atoms with Gasteiger partial charge in [-0.15, -0.1) is 11.3 Å². The van der Waals surface area contributed by atoms with Crippen LogP contribution in [0, 0.1) is 32.0 Å². The van der Waals surface area contributed by atoms with Crippen LogP contribution in [-0.4, -0.2) is 128 Å². The lowest BCUT2D eigenvalue weighted by atomic mass is 9.85. The van der Waals surface area contributed by atoms with Crippen LogP contribution in [0.2, 0.25) is 0 Å². The second kappa shape index (κ2) is 22.9. The molecule has 2 saturated heterocycles. The molecule has 4 atom stereocenters. The second-order valence-corrected chi connectivity index (χ2v) is 21.8. The number of likely N-dealkylation sites (tertiary alicyclic amines) is 1. The number of halogens is 1. The van der Waals surface area contributed by atoms with Crippen LogP contribution < -0.4 is 16.0 Å². The van der Waals surface area contributed by atoms with E-state index in [2.05, 4.69) is 61.7 Å². The van der Waals surface area contributed by atoms with Gasteiger partial charge in [0, 0.05) is 81.5 Å². The minimum atomic E-state index is -0.878. The number of imidazole rings is 1. The maximum absolute atomic E-state index is 14.2. The number of amides is 3. The zero-order valence-corrected chi connectivity index (χ0v) is 43.9. The number of carbonyl (C=O) groups is 3. The van der Waals surface area contributed by atoms with Crippen molar-refractivity contribution in [1.29, 1.82) is 0 Å². The molecular formula is C56H71FN10O4S. The first-order valence-electron chi connectivity index (χ1n) is 25.4. The molecule has 0 spiro atoms. The molecule has 8 rings (SSSR count). The number of β-amino-alcohol motifs (C(OH)–C–C–N with tert-alkyl or cyclic N) is 1. The molecule has 14 nitrogen and oxygen atoms in total. The highest BCUT2D eigenvalue weighted by Gasteiger charge is 2.45. The van der Waals surface area contributed by atoms with Crippen molar-refractivity contribution in [3.63, 3.8) is 0 Å². The molecule has 16 heteroatoms. The van der Waals surface area contributed by atoms with E-state index in [1.165, 1.54) is 22.6 Å². The summed E-state index contributed by atoms with van der Waals surface area (Å²) >= 11 is 1.59. The van der Waals surface area contributed by atoms with Gasteiger partial charge >= 0.3 is 0 Å². The lowest BCUT2D eigenvalue weighted by Gasteiger charge is -2.37. The van der Waals surface area contributed by atoms with Crippen molar-refractivity contribution < 1.29 is 23.9 Å². The monoisotopic (exact) mass is 999 g/mol. The topological polar surface area (TPSA) is 161 Å². The summed E-state index contributed by atoms with van der Waals surface area (Å²) in [7, 11) is 1.99. The molecule has 0 aliphatic carbocycles. The molecule has 6 aromatic rings. The number of nitrogens with one attached hydrogen (secondary N) is 3. The van der Waals surface area contributed by atoms with Crippen molar-refractivity contribution in [2.45, 2.75) is 105 Å². The van der Waals surface area contributed by atoms with Crippen LogP contribution in [0.25, 0.3) is 43.9 Å². The highest BCUT2D eigenvalue weighted by atomic mass is 32.1. The van der Waals surface area contributed by atoms with Crippen LogP contribution in [0.1, 0.15) is 87.4 Å². The molecule has 2 fully saturated rings. The average molecular weight is 999 g/mol. The Balaban J connectivity index is 0.749. The van der Waals surface area contributed by atoms with E-state index in [9.17, 15) is 23.9 Å². The molecule has 3 amide bonds. The Morgan fingerprint density at radius 3 is 2.31 bits per heavy atom. The highest BCUT2D eigenvalue weighted by molar-refractivity contribution is 7.13. The number of pyridine rings is 1. The van der Waals surface area contributed by atoms with E-state index in [1.54, 1.807) is 23.6 Å². The fourth-order valence-electron chi connectivity index (χ4n) is 10.4. The first kappa shape index (κ1) is 52.4. The van der Waals surface area contributed by atoms with Crippen molar-refractivity contribution in [1.82, 2.24) is 50.2 Å². The first-order chi connectivity index (χ1) is 34.4. The van der Waals surface area contributed by atoms with Gasteiger partial charge in [0.1, 0.15) is 17.9 Å². The van der Waals surface area contributed by atoms with Crippen molar-refractivity contribution in [3.8, 4) is 33.0 Å². The zero-order valence-electron chi connectivity index (χ0n) is 43.1. The van der Waals surface area contributed by atoms with Gasteiger partial charge in [0.15, 0.2) is 0 Å². The molecule has 2 aliphatic rings. The molecule has 0 bridgehead atoms. The number of unbranched alkanes of at least 4 members (excludes halogenated alkanes) is 2. The number of aryl methyl sites for hydroxylation is 4. The van der Waals surface area contributed by atoms with E-state index < -0.39 is 23.6 Å². The molecule has 72 heavy (non-hydrogen) atoms. The van der Waals surface area contributed by atoms with Crippen molar-refractivity contribution in [2.75, 3.05) is 52.4 Å². The summed E-state index contributed by atoms with van der Waals surface area (Å²) in [4.78, 5) is 62.3. The standard InChI is InChI=1S/C56H71FN10O4S/c1-35-26-39(27-36(2)49(35)50-51(64(8)33-60-50)45-18-20-59-46-28-42(57)16-17-44(45)46)30-58-19-10-9-11-21-65-22-24-66(25-23-65)32-48(69)63-53(56(5,6)7)55(71)67-31-43(68)29-47(67)54(70)62-37(3)40-12-14-41(15-13-40)52-38(4)61-34-72-52/h12-18,20,26-28,33-34,37,43,47,53,58,68H,9-11,19,21-25,29-32H2,1-8H3,(H,62,70)(H,63,69)/t37-,43+,47-,53+/m0/s1. The average Bonchev–Trinajstić information content (AvgIpc) is 4.07. The maximum atomic E-state index is 14.2. The Morgan fingerprint density at radius 2 is 1.61 bits per heavy atom. The molecule has 382 valence electrons. The van der Waals surface area contributed by atoms with Gasteiger partial charge in [-0.1, -0.05) is 63.6 Å². The maximum Gasteiger partial charge on any atom is 0.246 e. The van der Waals surface area contributed by atoms with E-state index in [0.29, 0.717) is 5.52 Å². The minimum absolute atomic E-state index is 0.0256. The number of rotatable bonds is 18. The van der Waals surface area contributed by atoms with Gasteiger partial charge in [0.2, 0.25) is 17.7 Å². The summed E-state index contributed by atoms with van der Waals surface area (Å²) < 4.78 is 16.1. The third-order valence-corrected chi connectivity index (χ3v) is 15.3. The number of aromatic nitrogens is 4. The molecule has 0 saturated carbocycles. The van der Waals surface area contributed by atoms with Crippen LogP contribution in [0.5, 0.6) is 0 Å². The van der Waals surface area contributed by atoms with E-state index in [0.717, 1.165) is 126 Å². The van der Waals surface area contributed by atoms with Gasteiger partial charge in [-0.05, 0) is 105 Å². The van der Waals surface area contributed by atoms with Gasteiger partial charge in [-0.2, -0.15) is 0 Å². The Morgan fingerprint density at radius 1 is 0.889 bits per heavy atom. The predicted molar refractivity (Wildman–Crippen MR) is 284 cm³/mol. The zero-order chi connectivity index (χ0) is 51.3. The number of piperazine rings is 1. The molecule has 4 N–H and O–H groups in total. The number of hydrogen-bond donors (Lipinski definition) is 4. The van der Waals surface area contributed by atoms with E-state index >= 15 is 0 Å². The SMILES string of the molecule is Cc1cc(CNCCCCCN2CCN(CC(=O)N[C@H](C(=O)N3C[C@H](O)C[C@H]3C(=O)N[C@@H](C)c3ccc(-c4scnc4C)cc3)C(C)(C)C)CC2)cc(C)c1-c1ncn(C)c1-c1ccnc2cc(F)ccc12. The Kier molecular flexibility index (Phi) is 16.7. The summed E-state index contributed by atoms with van der Waals surface area (Å²) in [6.45, 7) is 20.1. The van der Waals surface area contributed by atoms with Crippen molar-refractivity contribution >= 4 is 40.0 Å². The van der Waals surface area contributed by atoms with Gasteiger partial charge in [0.25, 0.3) is 0 Å². The number of fused-ring (bicyclic) bond motifs is 1. The fourth-order valence-corrected chi connectivity index (χ4v) is 11.2. The van der Waals surface area contributed by atoms with Gasteiger partial charge in [0.05, 0.1) is 58.0 Å². The molecule has 3 aromatic heterocycles. The number of aliphatic hydroxyl groups excluding tert-OH is 1. The Bertz CT molecular complexity index is 2850. The third-order valence-electron chi connectivity index (χ3n) is 14.3. The molecule has 3 aromatic carbocycles. The van der Waals surface area contributed by atoms with Crippen LogP contribution in [0.4, 0.5) is 4.39 Å². The fraction of sp³-hybridized carbons (Fsp3) is 0.464. The van der Waals surface area contributed by atoms with Crippen LogP contribution in [0.3, 0.4) is 0 Å². The number of carbonyl (C=O) groups excluding carboxylic acids is 3. The summed E-state index contributed by atoms with van der Waals surface area (Å²) in [6, 6.07) is 17.2. The normalized spacial score (nSPS) is 17.6. The molecule has 5 heterocycles. The number of hydrogen-bond acceptors (Lipinski definition) is 11. The first-order valence-corrected chi connectivity index (χ1v) is 26.2. The quantitative estimate of drug-likeness (QED) is 0.0628. The predicted octanol–water partition coefficient (Wildman–Crippen LogP) is 7.74. The summed E-state index contributed by atoms with van der Waals surface area (Å²) in [5, 5.41) is 21.4. The number of nitrogens with zero attached hydrogens (tertiary/aromatic N) is 7. The molecule has 0 radical (unpaired) electrons. The molecule has 2 aliphatic heterocycles. The van der Waals surface area contributed by atoms with Gasteiger partial charge < -0.3 is 35.4 Å². The van der Waals surface area contributed by atoms with Crippen molar-refractivity contribution in [3.05, 3.63) is 112 Å². The van der Waals surface area contributed by atoms with E-state index in [4.69, 9.17) is 4.98 Å². The largest absolute Gasteiger partial charge is 0.391 e. The summed E-state index contributed by atoms with van der Waals surface area (Å²) in [6.07, 6.45) is 6.14. The lowest BCUT2D eigenvalue weighted by Crippen LogP contribution is -2.59. The third kappa shape index (κ3) is 12.3. The van der Waals surface area contributed by atoms with E-state index in [1.807, 2.05) is 88.4 Å². The lowest BCUT2D eigenvalue weighted by molar-refractivity contribution is -0.144.